The first-order valence-electron chi connectivity index (χ1n) is 4.76. The van der Waals surface area contributed by atoms with Gasteiger partial charge < -0.3 is 5.11 Å². The monoisotopic (exact) mass is 173 g/mol. The van der Waals surface area contributed by atoms with Crippen LogP contribution in [0.15, 0.2) is 5.18 Å². The van der Waals surface area contributed by atoms with Crippen LogP contribution in [0.25, 0.3) is 0 Å². The van der Waals surface area contributed by atoms with Crippen LogP contribution in [0.1, 0.15) is 46.0 Å². The van der Waals surface area contributed by atoms with E-state index in [2.05, 4.69) is 12.1 Å². The molecule has 0 aromatic heterocycles. The van der Waals surface area contributed by atoms with Crippen LogP contribution < -0.4 is 0 Å². The number of hydrogen-bond donors (Lipinski definition) is 1. The standard InChI is InChI=1S/C9H19NO2/c1-3-5-7-9(11)8(10-12)6-4-2/h8-9,11H,3-7H2,1-2H3. The highest BCUT2D eigenvalue weighted by molar-refractivity contribution is 4.74. The molecule has 0 bridgehead atoms. The molecule has 0 aliphatic carbocycles. The van der Waals surface area contributed by atoms with E-state index in [4.69, 9.17) is 0 Å². The van der Waals surface area contributed by atoms with Gasteiger partial charge in [0.2, 0.25) is 0 Å². The molecule has 2 unspecified atom stereocenters. The highest BCUT2D eigenvalue weighted by Crippen LogP contribution is 2.12. The van der Waals surface area contributed by atoms with Crippen LogP contribution in [0, 0.1) is 4.91 Å². The normalized spacial score (nSPS) is 15.6. The maximum Gasteiger partial charge on any atom is 0.118 e. The third-order valence-corrected chi connectivity index (χ3v) is 2.02. The van der Waals surface area contributed by atoms with Gasteiger partial charge >= 0.3 is 0 Å². The molecule has 12 heavy (non-hydrogen) atoms. The molecule has 0 aliphatic rings. The fraction of sp³-hybridized carbons (Fsp3) is 1.00. The lowest BCUT2D eigenvalue weighted by molar-refractivity contribution is 0.128. The van der Waals surface area contributed by atoms with Gasteiger partial charge in [-0.2, -0.15) is 4.91 Å². The molecule has 0 radical (unpaired) electrons. The van der Waals surface area contributed by atoms with Gasteiger partial charge in [-0.25, -0.2) is 0 Å². The van der Waals surface area contributed by atoms with Gasteiger partial charge in [-0.15, -0.1) is 0 Å². The highest BCUT2D eigenvalue weighted by atomic mass is 16.3. The van der Waals surface area contributed by atoms with E-state index >= 15 is 0 Å². The van der Waals surface area contributed by atoms with E-state index in [0.717, 1.165) is 19.3 Å². The van der Waals surface area contributed by atoms with Crippen molar-refractivity contribution < 1.29 is 5.11 Å². The average molecular weight is 173 g/mol. The van der Waals surface area contributed by atoms with Gasteiger partial charge in [-0.1, -0.05) is 38.3 Å². The second-order valence-electron chi connectivity index (χ2n) is 3.17. The van der Waals surface area contributed by atoms with Crippen LogP contribution >= 0.6 is 0 Å². The van der Waals surface area contributed by atoms with Gasteiger partial charge in [0.05, 0.1) is 6.10 Å². The maximum absolute atomic E-state index is 10.3. The van der Waals surface area contributed by atoms with Crippen molar-refractivity contribution in [3.8, 4) is 0 Å². The predicted octanol–water partition coefficient (Wildman–Crippen LogP) is 2.47. The molecule has 0 fully saturated rings. The van der Waals surface area contributed by atoms with Gasteiger partial charge in [-0.05, 0) is 12.8 Å². The molecule has 1 N–H and O–H groups in total. The Labute approximate surface area is 74.1 Å². The Bertz CT molecular complexity index is 117. The van der Waals surface area contributed by atoms with Crippen molar-refractivity contribution in [2.75, 3.05) is 0 Å². The average Bonchev–Trinajstić information content (AvgIpc) is 2.10. The minimum Gasteiger partial charge on any atom is -0.391 e. The molecule has 0 rings (SSSR count). The smallest absolute Gasteiger partial charge is 0.118 e. The molecule has 0 amide bonds. The fourth-order valence-corrected chi connectivity index (χ4v) is 1.22. The van der Waals surface area contributed by atoms with E-state index in [0.29, 0.717) is 12.8 Å². The van der Waals surface area contributed by atoms with Crippen molar-refractivity contribution in [2.24, 2.45) is 5.18 Å². The summed E-state index contributed by atoms with van der Waals surface area (Å²) in [6.45, 7) is 4.06. The summed E-state index contributed by atoms with van der Waals surface area (Å²) in [6.07, 6.45) is 3.80. The molecular weight excluding hydrogens is 154 g/mol. The number of unbranched alkanes of at least 4 members (excludes halogenated alkanes) is 1. The van der Waals surface area contributed by atoms with Gasteiger partial charge in [0.15, 0.2) is 0 Å². The predicted molar refractivity (Wildman–Crippen MR) is 50.0 cm³/mol. The van der Waals surface area contributed by atoms with Gasteiger partial charge in [0.1, 0.15) is 6.04 Å². The summed E-state index contributed by atoms with van der Waals surface area (Å²) in [6, 6.07) is -0.387. The summed E-state index contributed by atoms with van der Waals surface area (Å²) in [7, 11) is 0. The van der Waals surface area contributed by atoms with Gasteiger partial charge in [-0.3, -0.25) is 0 Å². The highest BCUT2D eigenvalue weighted by Gasteiger charge is 2.17. The van der Waals surface area contributed by atoms with E-state index in [1.165, 1.54) is 0 Å². The van der Waals surface area contributed by atoms with Crippen LogP contribution in [-0.2, 0) is 0 Å². The molecule has 0 spiro atoms. The van der Waals surface area contributed by atoms with E-state index in [9.17, 15) is 10.0 Å². The van der Waals surface area contributed by atoms with Crippen molar-refractivity contribution in [1.82, 2.24) is 0 Å². The molecule has 0 aromatic carbocycles. The Hall–Kier alpha value is -0.440. The lowest BCUT2D eigenvalue weighted by Gasteiger charge is -2.14. The summed E-state index contributed by atoms with van der Waals surface area (Å²) < 4.78 is 0. The molecule has 0 aliphatic heterocycles. The number of nitrogens with zero attached hydrogens (tertiary/aromatic N) is 1. The van der Waals surface area contributed by atoms with Crippen LogP contribution in [-0.4, -0.2) is 17.3 Å². The van der Waals surface area contributed by atoms with Crippen LogP contribution in [0.2, 0.25) is 0 Å². The number of nitroso groups, excluding NO2 is 1. The second-order valence-corrected chi connectivity index (χ2v) is 3.17. The van der Waals surface area contributed by atoms with Crippen LogP contribution in [0.3, 0.4) is 0 Å². The largest absolute Gasteiger partial charge is 0.391 e. The van der Waals surface area contributed by atoms with Gasteiger partial charge in [0.25, 0.3) is 0 Å². The number of aliphatic hydroxyl groups is 1. The molecule has 0 heterocycles. The third-order valence-electron chi connectivity index (χ3n) is 2.02. The fourth-order valence-electron chi connectivity index (χ4n) is 1.22. The second kappa shape index (κ2) is 7.22. The van der Waals surface area contributed by atoms with Crippen molar-refractivity contribution in [3.05, 3.63) is 4.91 Å². The minimum atomic E-state index is -0.526. The number of aliphatic hydroxyl groups excluding tert-OH is 1. The molecule has 3 heteroatoms. The topological polar surface area (TPSA) is 49.7 Å². The van der Waals surface area contributed by atoms with E-state index in [-0.39, 0.29) is 6.04 Å². The number of hydrogen-bond acceptors (Lipinski definition) is 3. The first-order chi connectivity index (χ1) is 5.76. The molecule has 0 aromatic rings. The lowest BCUT2D eigenvalue weighted by atomic mass is 10.0. The first-order valence-corrected chi connectivity index (χ1v) is 4.76. The lowest BCUT2D eigenvalue weighted by Crippen LogP contribution is -2.23. The van der Waals surface area contributed by atoms with Gasteiger partial charge in [0, 0.05) is 0 Å². The zero-order valence-corrected chi connectivity index (χ0v) is 7.99. The SMILES string of the molecule is CCCCC(O)C(CCC)N=O. The summed E-state index contributed by atoms with van der Waals surface area (Å²) in [4.78, 5) is 10.3. The van der Waals surface area contributed by atoms with E-state index in [1.54, 1.807) is 0 Å². The molecule has 2 atom stereocenters. The first kappa shape index (κ1) is 11.6. The van der Waals surface area contributed by atoms with Crippen molar-refractivity contribution in [3.63, 3.8) is 0 Å². The zero-order valence-electron chi connectivity index (χ0n) is 7.99. The molecule has 0 saturated carbocycles. The third kappa shape index (κ3) is 4.44. The maximum atomic E-state index is 10.3. The molecular formula is C9H19NO2. The van der Waals surface area contributed by atoms with Crippen molar-refractivity contribution in [2.45, 2.75) is 58.1 Å². The van der Waals surface area contributed by atoms with Crippen molar-refractivity contribution >= 4 is 0 Å². The Morgan fingerprint density at radius 1 is 1.25 bits per heavy atom. The quantitative estimate of drug-likeness (QED) is 0.601. The van der Waals surface area contributed by atoms with E-state index < -0.39 is 6.10 Å². The summed E-state index contributed by atoms with van der Waals surface area (Å²) in [5.41, 5.74) is 0. The van der Waals surface area contributed by atoms with E-state index in [1.807, 2.05) is 6.92 Å². The molecule has 3 nitrogen and oxygen atoms in total. The Balaban J connectivity index is 3.68. The minimum absolute atomic E-state index is 0.387. The molecule has 0 saturated heterocycles. The number of rotatable bonds is 7. The van der Waals surface area contributed by atoms with Crippen LogP contribution in [0.5, 0.6) is 0 Å². The summed E-state index contributed by atoms with van der Waals surface area (Å²) in [5.74, 6) is 0. The zero-order chi connectivity index (χ0) is 9.40. The van der Waals surface area contributed by atoms with Crippen molar-refractivity contribution in [1.29, 1.82) is 0 Å². The Morgan fingerprint density at radius 2 is 1.92 bits per heavy atom. The summed E-state index contributed by atoms with van der Waals surface area (Å²) >= 11 is 0. The summed E-state index contributed by atoms with van der Waals surface area (Å²) in [5, 5.41) is 12.4. The molecule has 72 valence electrons. The Morgan fingerprint density at radius 3 is 2.33 bits per heavy atom. The Kier molecular flexibility index (Phi) is 6.96. The van der Waals surface area contributed by atoms with Crippen LogP contribution in [0.4, 0.5) is 0 Å².